The van der Waals surface area contributed by atoms with Crippen molar-refractivity contribution in [3.05, 3.63) is 78.4 Å². The molecule has 0 amide bonds. The van der Waals surface area contributed by atoms with Gasteiger partial charge < -0.3 is 4.42 Å². The maximum absolute atomic E-state index is 5.82. The number of aliphatic imine (C=N–C) groups is 1. The van der Waals surface area contributed by atoms with Gasteiger partial charge >= 0.3 is 0 Å². The topological polar surface area (TPSA) is 25.5 Å². The molecule has 0 radical (unpaired) electrons. The van der Waals surface area contributed by atoms with Gasteiger partial charge in [0.1, 0.15) is 11.2 Å². The Kier molecular flexibility index (Phi) is 2.79. The summed E-state index contributed by atoms with van der Waals surface area (Å²) in [4.78, 5) is 4.55. The smallest absolute Gasteiger partial charge is 0.135 e. The van der Waals surface area contributed by atoms with Crippen LogP contribution in [0.25, 0.3) is 21.9 Å². The minimum atomic E-state index is 0.898. The van der Waals surface area contributed by atoms with Gasteiger partial charge in [-0.1, -0.05) is 48.5 Å². The summed E-state index contributed by atoms with van der Waals surface area (Å²) >= 11 is 0. The summed E-state index contributed by atoms with van der Waals surface area (Å²) in [7, 11) is 0. The molecule has 0 N–H and O–H groups in total. The molecule has 0 saturated heterocycles. The molecular formula is C19H13NO. The Hall–Kier alpha value is -2.87. The van der Waals surface area contributed by atoms with Crippen molar-refractivity contribution in [3.63, 3.8) is 0 Å². The fourth-order valence-corrected chi connectivity index (χ4v) is 2.48. The monoisotopic (exact) mass is 271 g/mol. The molecule has 0 bridgehead atoms. The predicted octanol–water partition coefficient (Wildman–Crippen LogP) is 5.34. The third kappa shape index (κ3) is 2.21. The van der Waals surface area contributed by atoms with Crippen molar-refractivity contribution in [3.8, 4) is 0 Å². The highest BCUT2D eigenvalue weighted by molar-refractivity contribution is 6.05. The zero-order chi connectivity index (χ0) is 14.1. The highest BCUT2D eigenvalue weighted by atomic mass is 16.3. The molecule has 4 aromatic rings. The number of rotatable bonds is 2. The third-order valence-electron chi connectivity index (χ3n) is 3.52. The second-order valence-electron chi connectivity index (χ2n) is 4.95. The van der Waals surface area contributed by atoms with E-state index in [1.807, 2.05) is 66.9 Å². The number of fused-ring (bicyclic) bond motifs is 3. The second kappa shape index (κ2) is 4.91. The van der Waals surface area contributed by atoms with Gasteiger partial charge in [-0.05, 0) is 29.8 Å². The molecule has 0 unspecified atom stereocenters. The first-order chi connectivity index (χ1) is 10.4. The van der Waals surface area contributed by atoms with E-state index in [2.05, 4.69) is 17.1 Å². The second-order valence-corrected chi connectivity index (χ2v) is 4.95. The number of hydrogen-bond donors (Lipinski definition) is 0. The van der Waals surface area contributed by atoms with Gasteiger partial charge in [0, 0.05) is 17.0 Å². The summed E-state index contributed by atoms with van der Waals surface area (Å²) in [5, 5.41) is 2.23. The van der Waals surface area contributed by atoms with Crippen molar-refractivity contribution < 1.29 is 4.42 Å². The van der Waals surface area contributed by atoms with Gasteiger partial charge in [0.15, 0.2) is 0 Å². The zero-order valence-corrected chi connectivity index (χ0v) is 11.4. The van der Waals surface area contributed by atoms with Crippen LogP contribution in [0.1, 0.15) is 5.56 Å². The van der Waals surface area contributed by atoms with E-state index in [1.165, 1.54) is 0 Å². The molecule has 0 fully saturated rings. The van der Waals surface area contributed by atoms with Crippen LogP contribution in [0.2, 0.25) is 0 Å². The van der Waals surface area contributed by atoms with E-state index < -0.39 is 0 Å². The van der Waals surface area contributed by atoms with Crippen LogP contribution in [0.4, 0.5) is 5.69 Å². The van der Waals surface area contributed by atoms with E-state index in [0.29, 0.717) is 0 Å². The summed E-state index contributed by atoms with van der Waals surface area (Å²) in [6, 6.07) is 24.2. The molecule has 0 atom stereocenters. The van der Waals surface area contributed by atoms with Crippen LogP contribution in [-0.4, -0.2) is 6.21 Å². The largest absolute Gasteiger partial charge is 0.456 e. The van der Waals surface area contributed by atoms with E-state index in [-0.39, 0.29) is 0 Å². The summed E-state index contributed by atoms with van der Waals surface area (Å²) in [6.45, 7) is 0. The van der Waals surface area contributed by atoms with Crippen LogP contribution in [0.5, 0.6) is 0 Å². The molecule has 0 aliphatic rings. The summed E-state index contributed by atoms with van der Waals surface area (Å²) < 4.78 is 5.82. The predicted molar refractivity (Wildman–Crippen MR) is 87.4 cm³/mol. The lowest BCUT2D eigenvalue weighted by atomic mass is 10.1. The first kappa shape index (κ1) is 11.9. The maximum atomic E-state index is 5.82. The first-order valence-electron chi connectivity index (χ1n) is 6.90. The lowest BCUT2D eigenvalue weighted by molar-refractivity contribution is 0.669. The Bertz CT molecular complexity index is 936. The fourth-order valence-electron chi connectivity index (χ4n) is 2.48. The average Bonchev–Trinajstić information content (AvgIpc) is 2.92. The number of hydrogen-bond acceptors (Lipinski definition) is 2. The molecular weight excluding hydrogens is 258 g/mol. The van der Waals surface area contributed by atoms with Crippen LogP contribution in [0.15, 0.2) is 82.2 Å². The van der Waals surface area contributed by atoms with Gasteiger partial charge in [-0.25, -0.2) is 0 Å². The number of furan rings is 1. The SMILES string of the molecule is C(=Nc1ccc2oc3ccccc3c2c1)c1ccccc1. The molecule has 2 nitrogen and oxygen atoms in total. The molecule has 3 aromatic carbocycles. The zero-order valence-electron chi connectivity index (χ0n) is 11.4. The Morgan fingerprint density at radius 1 is 0.714 bits per heavy atom. The molecule has 0 spiro atoms. The van der Waals surface area contributed by atoms with Crippen LogP contribution < -0.4 is 0 Å². The van der Waals surface area contributed by atoms with Crippen molar-refractivity contribution in [2.24, 2.45) is 4.99 Å². The lowest BCUT2D eigenvalue weighted by Crippen LogP contribution is -1.77. The quantitative estimate of drug-likeness (QED) is 0.452. The molecule has 2 heteroatoms. The Morgan fingerprint density at radius 3 is 2.38 bits per heavy atom. The molecule has 0 aliphatic heterocycles. The van der Waals surface area contributed by atoms with Crippen molar-refractivity contribution in [1.82, 2.24) is 0 Å². The van der Waals surface area contributed by atoms with Crippen LogP contribution >= 0.6 is 0 Å². The normalized spacial score (nSPS) is 11.6. The van der Waals surface area contributed by atoms with Crippen molar-refractivity contribution in [2.75, 3.05) is 0 Å². The van der Waals surface area contributed by atoms with E-state index in [0.717, 1.165) is 33.2 Å². The van der Waals surface area contributed by atoms with E-state index in [9.17, 15) is 0 Å². The summed E-state index contributed by atoms with van der Waals surface area (Å²) in [5.74, 6) is 0. The molecule has 0 aliphatic carbocycles. The molecule has 4 rings (SSSR count). The van der Waals surface area contributed by atoms with Gasteiger partial charge in [0.2, 0.25) is 0 Å². The Labute approximate surface area is 122 Å². The maximum Gasteiger partial charge on any atom is 0.135 e. The number of para-hydroxylation sites is 1. The fraction of sp³-hybridized carbons (Fsp3) is 0. The molecule has 1 heterocycles. The highest BCUT2D eigenvalue weighted by Gasteiger charge is 2.06. The Balaban J connectivity index is 1.80. The van der Waals surface area contributed by atoms with Crippen molar-refractivity contribution in [1.29, 1.82) is 0 Å². The van der Waals surface area contributed by atoms with E-state index in [4.69, 9.17) is 4.42 Å². The highest BCUT2D eigenvalue weighted by Crippen LogP contribution is 2.31. The molecule has 0 saturated carbocycles. The van der Waals surface area contributed by atoms with Gasteiger partial charge in [0.25, 0.3) is 0 Å². The van der Waals surface area contributed by atoms with Crippen LogP contribution in [-0.2, 0) is 0 Å². The van der Waals surface area contributed by atoms with Crippen molar-refractivity contribution >= 4 is 33.8 Å². The van der Waals surface area contributed by atoms with E-state index >= 15 is 0 Å². The van der Waals surface area contributed by atoms with E-state index in [1.54, 1.807) is 0 Å². The van der Waals surface area contributed by atoms with Gasteiger partial charge in [-0.3, -0.25) is 4.99 Å². The van der Waals surface area contributed by atoms with Crippen LogP contribution in [0, 0.1) is 0 Å². The molecule has 21 heavy (non-hydrogen) atoms. The summed E-state index contributed by atoms with van der Waals surface area (Å²) in [6.07, 6.45) is 1.88. The van der Waals surface area contributed by atoms with Crippen LogP contribution in [0.3, 0.4) is 0 Å². The Morgan fingerprint density at radius 2 is 1.48 bits per heavy atom. The van der Waals surface area contributed by atoms with Gasteiger partial charge in [0.05, 0.1) is 5.69 Å². The lowest BCUT2D eigenvalue weighted by Gasteiger charge is -1.95. The van der Waals surface area contributed by atoms with Crippen molar-refractivity contribution in [2.45, 2.75) is 0 Å². The minimum Gasteiger partial charge on any atom is -0.456 e. The van der Waals surface area contributed by atoms with Gasteiger partial charge in [-0.15, -0.1) is 0 Å². The molecule has 1 aromatic heterocycles. The number of nitrogens with zero attached hydrogens (tertiary/aromatic N) is 1. The average molecular weight is 271 g/mol. The molecule has 100 valence electrons. The third-order valence-corrected chi connectivity index (χ3v) is 3.52. The summed E-state index contributed by atoms with van der Waals surface area (Å²) in [5.41, 5.74) is 3.83. The minimum absolute atomic E-state index is 0.898. The first-order valence-corrected chi connectivity index (χ1v) is 6.90. The van der Waals surface area contributed by atoms with Gasteiger partial charge in [-0.2, -0.15) is 0 Å². The number of benzene rings is 3. The standard InChI is InChI=1S/C19H13NO/c1-2-6-14(7-3-1)13-20-15-10-11-19-17(12-15)16-8-4-5-9-18(16)21-19/h1-13H.